The first-order valence-electron chi connectivity index (χ1n) is 10.7. The van der Waals surface area contributed by atoms with Gasteiger partial charge in [0.1, 0.15) is 22.1 Å². The van der Waals surface area contributed by atoms with Crippen LogP contribution in [0.15, 0.2) is 47.4 Å². The van der Waals surface area contributed by atoms with Crippen molar-refractivity contribution in [3.05, 3.63) is 59.7 Å². The summed E-state index contributed by atoms with van der Waals surface area (Å²) < 4.78 is 59.0. The Labute approximate surface area is 197 Å². The summed E-state index contributed by atoms with van der Waals surface area (Å²) in [6, 6.07) is 9.01. The zero-order chi connectivity index (χ0) is 25.1. The number of hydrogen-bond acceptors (Lipinski definition) is 5. The second kappa shape index (κ2) is 10.1. The number of carbonyl (C=O) groups excluding carboxylic acids is 2. The van der Waals surface area contributed by atoms with Gasteiger partial charge in [0.2, 0.25) is 15.9 Å². The molecule has 0 bridgehead atoms. The van der Waals surface area contributed by atoms with Crippen LogP contribution >= 0.6 is 0 Å². The van der Waals surface area contributed by atoms with Crippen LogP contribution in [-0.2, 0) is 26.0 Å². The number of rotatable bonds is 5. The Morgan fingerprint density at radius 3 is 2.21 bits per heavy atom. The highest BCUT2D eigenvalue weighted by atomic mass is 32.2. The van der Waals surface area contributed by atoms with E-state index in [0.717, 1.165) is 22.0 Å². The molecule has 2 aromatic rings. The van der Waals surface area contributed by atoms with Gasteiger partial charge in [-0.15, -0.1) is 0 Å². The van der Waals surface area contributed by atoms with Crippen LogP contribution in [-0.4, -0.2) is 61.4 Å². The Kier molecular flexibility index (Phi) is 7.57. The Bertz CT molecular complexity index is 1160. The number of ether oxygens (including phenoxy) is 1. The van der Waals surface area contributed by atoms with Crippen molar-refractivity contribution < 1.29 is 31.5 Å². The highest BCUT2D eigenvalue weighted by molar-refractivity contribution is 7.89. The molecule has 8 nitrogen and oxygen atoms in total. The van der Waals surface area contributed by atoms with E-state index in [1.54, 1.807) is 45.0 Å². The van der Waals surface area contributed by atoms with E-state index < -0.39 is 38.2 Å². The van der Waals surface area contributed by atoms with Gasteiger partial charge in [-0.2, -0.15) is 4.31 Å². The number of anilines is 1. The average molecular weight is 496 g/mol. The maximum Gasteiger partial charge on any atom is 0.412 e. The number of amides is 2. The Hall–Kier alpha value is -3.05. The molecule has 1 saturated heterocycles. The van der Waals surface area contributed by atoms with Gasteiger partial charge in [0.15, 0.2) is 0 Å². The molecule has 1 N–H and O–H groups in total. The van der Waals surface area contributed by atoms with Crippen LogP contribution in [0.4, 0.5) is 19.3 Å². The van der Waals surface area contributed by atoms with E-state index in [9.17, 15) is 26.8 Å². The highest BCUT2D eigenvalue weighted by Gasteiger charge is 2.32. The molecule has 1 aliphatic rings. The molecule has 3 rings (SSSR count). The van der Waals surface area contributed by atoms with E-state index in [4.69, 9.17) is 4.74 Å². The van der Waals surface area contributed by atoms with E-state index in [2.05, 4.69) is 5.32 Å². The molecule has 0 radical (unpaired) electrons. The molecular weight excluding hydrogens is 468 g/mol. The molecule has 2 amide bonds. The minimum atomic E-state index is -4.21. The van der Waals surface area contributed by atoms with Gasteiger partial charge in [-0.1, -0.05) is 12.1 Å². The van der Waals surface area contributed by atoms with Gasteiger partial charge < -0.3 is 9.64 Å². The number of nitrogens with zero attached hydrogens (tertiary/aromatic N) is 2. The number of hydrogen-bond donors (Lipinski definition) is 1. The van der Waals surface area contributed by atoms with E-state index >= 15 is 0 Å². The van der Waals surface area contributed by atoms with Gasteiger partial charge >= 0.3 is 6.09 Å². The molecule has 1 fully saturated rings. The fraction of sp³-hybridized carbons (Fsp3) is 0.391. The Morgan fingerprint density at radius 2 is 1.62 bits per heavy atom. The summed E-state index contributed by atoms with van der Waals surface area (Å²) in [5, 5.41) is 2.61. The van der Waals surface area contributed by atoms with Gasteiger partial charge in [-0.05, 0) is 56.7 Å². The number of carbonyl (C=O) groups is 2. The third-order valence-electron chi connectivity index (χ3n) is 5.06. The molecule has 0 aliphatic carbocycles. The van der Waals surface area contributed by atoms with Crippen molar-refractivity contribution in [2.75, 3.05) is 31.5 Å². The van der Waals surface area contributed by atoms with E-state index in [1.807, 2.05) is 0 Å². The van der Waals surface area contributed by atoms with Crippen LogP contribution in [0.5, 0.6) is 0 Å². The lowest BCUT2D eigenvalue weighted by atomic mass is 10.1. The van der Waals surface area contributed by atoms with Crippen molar-refractivity contribution in [1.82, 2.24) is 9.21 Å². The monoisotopic (exact) mass is 495 g/mol. The van der Waals surface area contributed by atoms with Crippen molar-refractivity contribution >= 4 is 27.7 Å². The average Bonchev–Trinajstić information content (AvgIpc) is 2.75. The zero-order valence-electron chi connectivity index (χ0n) is 19.2. The first kappa shape index (κ1) is 25.6. The number of sulfonamides is 1. The predicted octanol–water partition coefficient (Wildman–Crippen LogP) is 3.39. The topological polar surface area (TPSA) is 96.0 Å². The van der Waals surface area contributed by atoms with Gasteiger partial charge in [0, 0.05) is 31.9 Å². The molecule has 0 unspecified atom stereocenters. The van der Waals surface area contributed by atoms with Gasteiger partial charge in [0.25, 0.3) is 0 Å². The smallest absolute Gasteiger partial charge is 0.412 e. The van der Waals surface area contributed by atoms with Crippen molar-refractivity contribution in [2.45, 2.75) is 37.7 Å². The molecule has 1 aliphatic heterocycles. The SMILES string of the molecule is CC(C)(C)OC(=O)Nc1ccc(CC(=O)N2CCN(S(=O)(=O)c3cc(F)ccc3F)CC2)cc1. The number of piperazine rings is 1. The second-order valence-electron chi connectivity index (χ2n) is 8.86. The van der Waals surface area contributed by atoms with Crippen molar-refractivity contribution in [3.63, 3.8) is 0 Å². The molecular formula is C23H27F2N3O5S. The molecule has 0 spiro atoms. The normalized spacial score (nSPS) is 15.1. The Morgan fingerprint density at radius 1 is 1.00 bits per heavy atom. The molecule has 34 heavy (non-hydrogen) atoms. The summed E-state index contributed by atoms with van der Waals surface area (Å²) >= 11 is 0. The maximum atomic E-state index is 14.0. The zero-order valence-corrected chi connectivity index (χ0v) is 20.0. The van der Waals surface area contributed by atoms with E-state index in [0.29, 0.717) is 11.8 Å². The molecule has 0 saturated carbocycles. The summed E-state index contributed by atoms with van der Waals surface area (Å²) in [5.41, 5.74) is 0.621. The number of nitrogens with one attached hydrogen (secondary N) is 1. The largest absolute Gasteiger partial charge is 0.444 e. The van der Waals surface area contributed by atoms with Crippen LogP contribution in [0.3, 0.4) is 0 Å². The Balaban J connectivity index is 1.55. The quantitative estimate of drug-likeness (QED) is 0.686. The summed E-state index contributed by atoms with van der Waals surface area (Å²) in [6.07, 6.45) is -0.486. The first-order chi connectivity index (χ1) is 15.8. The summed E-state index contributed by atoms with van der Waals surface area (Å²) in [4.78, 5) is 25.3. The van der Waals surface area contributed by atoms with Crippen LogP contribution in [0.1, 0.15) is 26.3 Å². The number of benzene rings is 2. The van der Waals surface area contributed by atoms with Crippen LogP contribution in [0, 0.1) is 11.6 Å². The van der Waals surface area contributed by atoms with Crippen molar-refractivity contribution in [3.8, 4) is 0 Å². The van der Waals surface area contributed by atoms with E-state index in [-0.39, 0.29) is 38.5 Å². The third-order valence-corrected chi connectivity index (χ3v) is 6.97. The van der Waals surface area contributed by atoms with Crippen LogP contribution in [0.25, 0.3) is 0 Å². The minimum absolute atomic E-state index is 0.0250. The van der Waals surface area contributed by atoms with Crippen LogP contribution in [0.2, 0.25) is 0 Å². The van der Waals surface area contributed by atoms with Crippen molar-refractivity contribution in [2.24, 2.45) is 0 Å². The van der Waals surface area contributed by atoms with Gasteiger partial charge in [0.05, 0.1) is 6.42 Å². The minimum Gasteiger partial charge on any atom is -0.444 e. The molecule has 11 heteroatoms. The third kappa shape index (κ3) is 6.51. The van der Waals surface area contributed by atoms with E-state index in [1.165, 1.54) is 4.90 Å². The highest BCUT2D eigenvalue weighted by Crippen LogP contribution is 2.22. The summed E-state index contributed by atoms with van der Waals surface area (Å²) in [7, 11) is -4.21. The van der Waals surface area contributed by atoms with Crippen LogP contribution < -0.4 is 5.32 Å². The standard InChI is InChI=1S/C23H27F2N3O5S/c1-23(2,3)33-22(30)26-18-7-4-16(5-8-18)14-21(29)27-10-12-28(13-11-27)34(31,32)20-15-17(24)6-9-19(20)25/h4-9,15H,10-14H2,1-3H3,(H,26,30). The second-order valence-corrected chi connectivity index (χ2v) is 10.8. The summed E-state index contributed by atoms with van der Waals surface area (Å²) in [5.74, 6) is -2.06. The fourth-order valence-corrected chi connectivity index (χ4v) is 4.90. The predicted molar refractivity (Wildman–Crippen MR) is 122 cm³/mol. The number of halogens is 2. The maximum absolute atomic E-state index is 14.0. The van der Waals surface area contributed by atoms with Crippen molar-refractivity contribution in [1.29, 1.82) is 0 Å². The molecule has 184 valence electrons. The first-order valence-corrected chi connectivity index (χ1v) is 12.1. The lowest BCUT2D eigenvalue weighted by Gasteiger charge is -2.34. The molecule has 2 aromatic carbocycles. The molecule has 1 heterocycles. The lowest BCUT2D eigenvalue weighted by Crippen LogP contribution is -2.51. The fourth-order valence-electron chi connectivity index (χ4n) is 3.41. The lowest BCUT2D eigenvalue weighted by molar-refractivity contribution is -0.131. The molecule has 0 aromatic heterocycles. The van der Waals surface area contributed by atoms with Gasteiger partial charge in [-0.3, -0.25) is 10.1 Å². The summed E-state index contributed by atoms with van der Waals surface area (Å²) in [6.45, 7) is 5.50. The van der Waals surface area contributed by atoms with Gasteiger partial charge in [-0.25, -0.2) is 22.0 Å². The molecule has 0 atom stereocenters.